The molecule has 3 aromatic carbocycles. The average Bonchev–Trinajstić information content (AvgIpc) is 3.64. The summed E-state index contributed by atoms with van der Waals surface area (Å²) in [5, 5.41) is 14.2. The number of carbonyl (C=O) groups is 2. The normalized spacial score (nSPS) is 22.8. The third-order valence-corrected chi connectivity index (χ3v) is 11.1. The maximum absolute atomic E-state index is 13.5. The lowest BCUT2D eigenvalue weighted by atomic mass is 9.71. The number of halogens is 1. The van der Waals surface area contributed by atoms with Gasteiger partial charge in [-0.05, 0) is 56.8 Å². The van der Waals surface area contributed by atoms with Crippen LogP contribution in [0.1, 0.15) is 57.4 Å². The number of rotatable bonds is 11. The van der Waals surface area contributed by atoms with Crippen LogP contribution in [0.2, 0.25) is 0 Å². The smallest absolute Gasteiger partial charge is 0.326 e. The third kappa shape index (κ3) is 6.09. The van der Waals surface area contributed by atoms with E-state index in [1.807, 2.05) is 51.2 Å². The molecule has 5 atom stereocenters. The summed E-state index contributed by atoms with van der Waals surface area (Å²) in [6, 6.07) is 12.7. The minimum absolute atomic E-state index is 0.0164. The van der Waals surface area contributed by atoms with E-state index in [2.05, 4.69) is 27.3 Å². The Labute approximate surface area is 308 Å². The first-order valence-corrected chi connectivity index (χ1v) is 18.0. The SMILES string of the molecule is COCOc1c(OC)c(C)cc2c1[C@@H]1C3Cc4c(OC(=O)CCl)c(C)c5c(c4[C@H](CNC(=O)CCc4ccccc4)N3[C@@H](C#N)[C@H](C2)N1C)OCO5. The first kappa shape index (κ1) is 35.8. The number of alkyl halides is 1. The number of benzene rings is 3. The molecule has 0 aliphatic carbocycles. The molecule has 7 rings (SSSR count). The minimum Gasteiger partial charge on any atom is -0.493 e. The Morgan fingerprint density at radius 1 is 1.04 bits per heavy atom. The second-order valence-electron chi connectivity index (χ2n) is 13.7. The lowest BCUT2D eigenvalue weighted by molar-refractivity contribution is -0.131. The third-order valence-electron chi connectivity index (χ3n) is 10.9. The van der Waals surface area contributed by atoms with Crippen LogP contribution in [0.25, 0.3) is 0 Å². The number of hydrogen-bond acceptors (Lipinski definition) is 11. The molecule has 4 aliphatic rings. The zero-order chi connectivity index (χ0) is 36.7. The lowest BCUT2D eigenvalue weighted by Crippen LogP contribution is -2.68. The van der Waals surface area contributed by atoms with Crippen LogP contribution in [-0.4, -0.2) is 87.1 Å². The number of nitrogens with zero attached hydrogens (tertiary/aromatic N) is 3. The quantitative estimate of drug-likeness (QED) is 0.128. The molecule has 1 amide bonds. The molecule has 13 heteroatoms. The first-order valence-electron chi connectivity index (χ1n) is 17.5. The predicted molar refractivity (Wildman–Crippen MR) is 191 cm³/mol. The van der Waals surface area contributed by atoms with Gasteiger partial charge in [-0.25, -0.2) is 0 Å². The first-order chi connectivity index (χ1) is 25.2. The number of hydrogen-bond donors (Lipinski definition) is 1. The Bertz CT molecular complexity index is 1920. The molecule has 4 heterocycles. The molecule has 1 N–H and O–H groups in total. The molecular formula is C39H43ClN4O8. The maximum atomic E-state index is 13.5. The molecule has 0 spiro atoms. The van der Waals surface area contributed by atoms with Crippen LogP contribution in [0.5, 0.6) is 28.7 Å². The standard InChI is InChI=1S/C39H43ClN4O8/c1-21-13-24-14-26-28(17-41)44-27(34(43(26)3)32(24)38(35(21)48-5)49-19-47-4)15-25-33(29(44)18-42-30(45)12-11-23-9-7-6-8-10-23)39-37(50-20-51-39)22(2)36(25)52-31(46)16-40/h6-10,13,26-29,34H,11-12,14-16,18-20H2,1-5H3,(H,42,45)/t26-,27?,28-,29-,34-/m0/s1. The van der Waals surface area contributed by atoms with Crippen molar-refractivity contribution < 1.29 is 38.0 Å². The van der Waals surface area contributed by atoms with E-state index in [1.54, 1.807) is 14.2 Å². The van der Waals surface area contributed by atoms with Crippen molar-refractivity contribution in [2.45, 2.75) is 69.7 Å². The Balaban J connectivity index is 1.39. The predicted octanol–water partition coefficient (Wildman–Crippen LogP) is 4.69. The van der Waals surface area contributed by atoms with E-state index in [4.69, 9.17) is 40.0 Å². The summed E-state index contributed by atoms with van der Waals surface area (Å²) in [5.74, 6) is 1.51. The Kier molecular flexibility index (Phi) is 10.2. The van der Waals surface area contributed by atoms with Gasteiger partial charge in [-0.3, -0.25) is 19.4 Å². The van der Waals surface area contributed by atoms with Gasteiger partial charge in [0.05, 0.1) is 25.3 Å². The summed E-state index contributed by atoms with van der Waals surface area (Å²) < 4.78 is 35.7. The van der Waals surface area contributed by atoms with Gasteiger partial charge in [0.15, 0.2) is 29.8 Å². The molecule has 1 fully saturated rings. The zero-order valence-corrected chi connectivity index (χ0v) is 30.7. The Hall–Kier alpha value is -4.54. The average molecular weight is 731 g/mol. The van der Waals surface area contributed by atoms with Crippen LogP contribution in [0.15, 0.2) is 36.4 Å². The molecule has 2 bridgehead atoms. The van der Waals surface area contributed by atoms with Crippen molar-refractivity contribution in [1.82, 2.24) is 15.1 Å². The van der Waals surface area contributed by atoms with E-state index < -0.39 is 18.1 Å². The van der Waals surface area contributed by atoms with E-state index in [-0.39, 0.29) is 50.0 Å². The highest BCUT2D eigenvalue weighted by atomic mass is 35.5. The molecule has 4 aliphatic heterocycles. The largest absolute Gasteiger partial charge is 0.493 e. The van der Waals surface area contributed by atoms with Gasteiger partial charge in [0.1, 0.15) is 17.7 Å². The molecule has 52 heavy (non-hydrogen) atoms. The van der Waals surface area contributed by atoms with Gasteiger partial charge in [-0.2, -0.15) is 5.26 Å². The van der Waals surface area contributed by atoms with Gasteiger partial charge in [0.25, 0.3) is 0 Å². The fourth-order valence-electron chi connectivity index (χ4n) is 8.75. The lowest BCUT2D eigenvalue weighted by Gasteiger charge is -2.60. The second kappa shape index (κ2) is 14.8. The molecule has 0 radical (unpaired) electrons. The molecule has 1 unspecified atom stereocenters. The summed E-state index contributed by atoms with van der Waals surface area (Å²) in [6.45, 7) is 3.99. The topological polar surface area (TPSA) is 132 Å². The van der Waals surface area contributed by atoms with E-state index in [9.17, 15) is 14.9 Å². The molecule has 274 valence electrons. The molecular weight excluding hydrogens is 688 g/mol. The van der Waals surface area contributed by atoms with Gasteiger partial charge in [0, 0.05) is 54.4 Å². The highest BCUT2D eigenvalue weighted by molar-refractivity contribution is 6.26. The van der Waals surface area contributed by atoms with Crippen molar-refractivity contribution in [1.29, 1.82) is 5.26 Å². The number of likely N-dealkylation sites (N-methyl/N-ethyl adjacent to an activating group) is 1. The van der Waals surface area contributed by atoms with Gasteiger partial charge < -0.3 is 33.7 Å². The van der Waals surface area contributed by atoms with Crippen molar-refractivity contribution in [3.8, 4) is 34.8 Å². The maximum Gasteiger partial charge on any atom is 0.326 e. The molecule has 1 saturated heterocycles. The Morgan fingerprint density at radius 2 is 1.81 bits per heavy atom. The number of aryl methyl sites for hydroxylation is 2. The van der Waals surface area contributed by atoms with Gasteiger partial charge in [0.2, 0.25) is 12.7 Å². The van der Waals surface area contributed by atoms with Crippen molar-refractivity contribution in [3.63, 3.8) is 0 Å². The van der Waals surface area contributed by atoms with Crippen LogP contribution in [0.3, 0.4) is 0 Å². The molecule has 0 saturated carbocycles. The van der Waals surface area contributed by atoms with Crippen molar-refractivity contribution in [2.24, 2.45) is 0 Å². The van der Waals surface area contributed by atoms with Crippen LogP contribution >= 0.6 is 11.6 Å². The summed E-state index contributed by atoms with van der Waals surface area (Å²) in [4.78, 5) is 30.8. The number of ether oxygens (including phenoxy) is 6. The van der Waals surface area contributed by atoms with E-state index in [1.165, 1.54) is 0 Å². The Morgan fingerprint density at radius 3 is 2.52 bits per heavy atom. The number of esters is 1. The minimum atomic E-state index is -0.603. The monoisotopic (exact) mass is 730 g/mol. The summed E-state index contributed by atoms with van der Waals surface area (Å²) in [5.41, 5.74) is 6.12. The molecule has 0 aromatic heterocycles. The molecule has 3 aromatic rings. The summed E-state index contributed by atoms with van der Waals surface area (Å²) in [6.07, 6.45) is 1.85. The summed E-state index contributed by atoms with van der Waals surface area (Å²) >= 11 is 5.97. The summed E-state index contributed by atoms with van der Waals surface area (Å²) in [7, 11) is 5.24. The number of nitriles is 1. The number of fused-ring (bicyclic) bond motifs is 9. The number of carbonyl (C=O) groups excluding carboxylic acids is 2. The second-order valence-corrected chi connectivity index (χ2v) is 13.9. The van der Waals surface area contributed by atoms with Crippen LogP contribution in [0.4, 0.5) is 0 Å². The fraction of sp³-hybridized carbons (Fsp3) is 0.462. The van der Waals surface area contributed by atoms with Crippen molar-refractivity contribution >= 4 is 23.5 Å². The van der Waals surface area contributed by atoms with Gasteiger partial charge in [-0.15, -0.1) is 11.6 Å². The van der Waals surface area contributed by atoms with Crippen LogP contribution < -0.4 is 29.0 Å². The van der Waals surface area contributed by atoms with Crippen LogP contribution in [-0.2, 0) is 33.6 Å². The van der Waals surface area contributed by atoms with E-state index in [0.717, 1.165) is 33.4 Å². The van der Waals surface area contributed by atoms with Gasteiger partial charge >= 0.3 is 5.97 Å². The van der Waals surface area contributed by atoms with E-state index >= 15 is 0 Å². The number of amides is 1. The zero-order valence-electron chi connectivity index (χ0n) is 30.0. The fourth-order valence-corrected chi connectivity index (χ4v) is 8.80. The highest BCUT2D eigenvalue weighted by Crippen LogP contribution is 2.58. The van der Waals surface area contributed by atoms with Gasteiger partial charge in [-0.1, -0.05) is 36.4 Å². The number of piperazine rings is 1. The molecule has 12 nitrogen and oxygen atoms in total. The van der Waals surface area contributed by atoms with Crippen molar-refractivity contribution in [3.05, 3.63) is 75.3 Å². The van der Waals surface area contributed by atoms with E-state index in [0.29, 0.717) is 60.0 Å². The number of methoxy groups -OCH3 is 2. The van der Waals surface area contributed by atoms with Crippen molar-refractivity contribution in [2.75, 3.05) is 47.3 Å². The van der Waals surface area contributed by atoms with Crippen LogP contribution in [0, 0.1) is 25.2 Å². The highest BCUT2D eigenvalue weighted by Gasteiger charge is 2.57. The number of nitrogens with one attached hydrogen (secondary N) is 1.